The number of carbonyl (C=O) groups excluding carboxylic acids is 2. The Kier molecular flexibility index (Phi) is 16.5. The number of allylic oxidation sites excluding steroid dienone is 6. The minimum Gasteiger partial charge on any atom is -0.393 e. The second-order valence-corrected chi connectivity index (χ2v) is 5.80. The molecule has 0 aliphatic carbocycles. The van der Waals surface area contributed by atoms with Gasteiger partial charge in [0.15, 0.2) is 0 Å². The Morgan fingerprint density at radius 2 is 1.29 bits per heavy atom. The van der Waals surface area contributed by atoms with E-state index in [9.17, 15) is 9.59 Å². The summed E-state index contributed by atoms with van der Waals surface area (Å²) in [7, 11) is 0. The molecule has 0 aromatic carbocycles. The molecule has 136 valence electrons. The van der Waals surface area contributed by atoms with Gasteiger partial charge in [0.25, 0.3) is 0 Å². The maximum atomic E-state index is 11.3. The van der Waals surface area contributed by atoms with Gasteiger partial charge in [-0.25, -0.2) is 0 Å². The van der Waals surface area contributed by atoms with Crippen LogP contribution in [-0.2, 0) is 14.3 Å². The summed E-state index contributed by atoms with van der Waals surface area (Å²) in [5, 5.41) is 0. The van der Waals surface area contributed by atoms with Gasteiger partial charge in [0, 0.05) is 12.8 Å². The second kappa shape index (κ2) is 17.7. The van der Waals surface area contributed by atoms with Gasteiger partial charge < -0.3 is 4.74 Å². The lowest BCUT2D eigenvalue weighted by atomic mass is 10.1. The van der Waals surface area contributed by atoms with Crippen molar-refractivity contribution in [2.45, 2.75) is 84.5 Å². The SMILES string of the molecule is CC/C=C\C/C=C\C/C=C\CCCCCCCC(=O)OC(=O)CC. The Balaban J connectivity index is 3.36. The monoisotopic (exact) mass is 334 g/mol. The summed E-state index contributed by atoms with van der Waals surface area (Å²) < 4.78 is 4.62. The van der Waals surface area contributed by atoms with Crippen LogP contribution in [0.5, 0.6) is 0 Å². The van der Waals surface area contributed by atoms with E-state index in [0.717, 1.165) is 44.9 Å². The molecule has 0 N–H and O–H groups in total. The molecule has 0 bridgehead atoms. The second-order valence-electron chi connectivity index (χ2n) is 5.80. The first-order valence-corrected chi connectivity index (χ1v) is 9.39. The summed E-state index contributed by atoms with van der Waals surface area (Å²) in [5.74, 6) is -0.818. The van der Waals surface area contributed by atoms with Crippen LogP contribution in [-0.4, -0.2) is 11.9 Å². The third-order valence-corrected chi connectivity index (χ3v) is 3.55. The van der Waals surface area contributed by atoms with Crippen molar-refractivity contribution in [1.82, 2.24) is 0 Å². The first kappa shape index (κ1) is 22.4. The van der Waals surface area contributed by atoms with Gasteiger partial charge in [0.2, 0.25) is 0 Å². The minimum atomic E-state index is -0.431. The average Bonchev–Trinajstić information content (AvgIpc) is 2.58. The van der Waals surface area contributed by atoms with Crippen LogP contribution in [0.15, 0.2) is 36.5 Å². The van der Waals surface area contributed by atoms with Crippen molar-refractivity contribution in [3.05, 3.63) is 36.5 Å². The maximum Gasteiger partial charge on any atom is 0.313 e. The summed E-state index contributed by atoms with van der Waals surface area (Å²) in [6.45, 7) is 3.83. The predicted molar refractivity (Wildman–Crippen MR) is 101 cm³/mol. The highest BCUT2D eigenvalue weighted by Crippen LogP contribution is 2.08. The van der Waals surface area contributed by atoms with Gasteiger partial charge in [-0.15, -0.1) is 0 Å². The molecule has 0 aromatic heterocycles. The van der Waals surface area contributed by atoms with Gasteiger partial charge in [-0.05, 0) is 38.5 Å². The van der Waals surface area contributed by atoms with Crippen LogP contribution in [0.4, 0.5) is 0 Å². The van der Waals surface area contributed by atoms with Crippen LogP contribution in [0.1, 0.15) is 84.5 Å². The Bertz CT molecular complexity index is 405. The van der Waals surface area contributed by atoms with E-state index in [4.69, 9.17) is 0 Å². The lowest BCUT2D eigenvalue weighted by Crippen LogP contribution is -2.10. The van der Waals surface area contributed by atoms with Crippen LogP contribution in [0.2, 0.25) is 0 Å². The van der Waals surface area contributed by atoms with E-state index < -0.39 is 5.97 Å². The zero-order chi connectivity index (χ0) is 17.9. The molecule has 0 fully saturated rings. The number of carbonyl (C=O) groups is 2. The van der Waals surface area contributed by atoms with E-state index >= 15 is 0 Å². The van der Waals surface area contributed by atoms with Crippen molar-refractivity contribution in [1.29, 1.82) is 0 Å². The molecule has 3 heteroatoms. The molecular formula is C21H34O3. The highest BCUT2D eigenvalue weighted by Gasteiger charge is 2.07. The van der Waals surface area contributed by atoms with Crippen molar-refractivity contribution in [2.75, 3.05) is 0 Å². The highest BCUT2D eigenvalue weighted by atomic mass is 16.6. The van der Waals surface area contributed by atoms with Crippen molar-refractivity contribution < 1.29 is 14.3 Å². The molecule has 0 spiro atoms. The Morgan fingerprint density at radius 3 is 1.96 bits per heavy atom. The predicted octanol–water partition coefficient (Wildman–Crippen LogP) is 6.06. The largest absolute Gasteiger partial charge is 0.393 e. The Labute approximate surface area is 147 Å². The van der Waals surface area contributed by atoms with Gasteiger partial charge >= 0.3 is 11.9 Å². The summed E-state index contributed by atoms with van der Waals surface area (Å²) in [6.07, 6.45) is 23.5. The number of esters is 2. The summed E-state index contributed by atoms with van der Waals surface area (Å²) in [6, 6.07) is 0. The van der Waals surface area contributed by atoms with Crippen molar-refractivity contribution in [3.63, 3.8) is 0 Å². The highest BCUT2D eigenvalue weighted by molar-refractivity contribution is 5.85. The third-order valence-electron chi connectivity index (χ3n) is 3.55. The van der Waals surface area contributed by atoms with Gasteiger partial charge in [0.1, 0.15) is 0 Å². The molecule has 0 amide bonds. The van der Waals surface area contributed by atoms with Gasteiger partial charge in [-0.3, -0.25) is 9.59 Å². The number of hydrogen-bond donors (Lipinski definition) is 0. The Hall–Kier alpha value is -1.64. The zero-order valence-corrected chi connectivity index (χ0v) is 15.5. The van der Waals surface area contributed by atoms with Gasteiger partial charge in [-0.2, -0.15) is 0 Å². The van der Waals surface area contributed by atoms with Crippen LogP contribution in [0.3, 0.4) is 0 Å². The molecule has 24 heavy (non-hydrogen) atoms. The molecule has 0 unspecified atom stereocenters. The smallest absolute Gasteiger partial charge is 0.313 e. The molecule has 0 atom stereocenters. The van der Waals surface area contributed by atoms with E-state index in [1.807, 2.05) is 0 Å². The molecule has 0 aliphatic heterocycles. The van der Waals surface area contributed by atoms with Crippen molar-refractivity contribution in [2.24, 2.45) is 0 Å². The minimum absolute atomic E-state index is 0.255. The maximum absolute atomic E-state index is 11.3. The fraction of sp³-hybridized carbons (Fsp3) is 0.619. The van der Waals surface area contributed by atoms with Crippen LogP contribution in [0.25, 0.3) is 0 Å². The lowest BCUT2D eigenvalue weighted by molar-refractivity contribution is -0.159. The molecule has 0 rings (SSSR count). The number of unbranched alkanes of at least 4 members (excludes halogenated alkanes) is 5. The van der Waals surface area contributed by atoms with E-state index in [1.54, 1.807) is 6.92 Å². The topological polar surface area (TPSA) is 43.4 Å². The number of hydrogen-bond acceptors (Lipinski definition) is 3. The first-order valence-electron chi connectivity index (χ1n) is 9.39. The molecule has 0 saturated heterocycles. The third kappa shape index (κ3) is 16.7. The molecule has 3 nitrogen and oxygen atoms in total. The zero-order valence-electron chi connectivity index (χ0n) is 15.5. The van der Waals surface area contributed by atoms with E-state index in [-0.39, 0.29) is 12.4 Å². The molecule has 0 aromatic rings. The fourth-order valence-corrected chi connectivity index (χ4v) is 2.14. The number of ether oxygens (including phenoxy) is 1. The normalized spacial score (nSPS) is 11.8. The molecule has 0 saturated carbocycles. The van der Waals surface area contributed by atoms with Gasteiger partial charge in [0.05, 0.1) is 0 Å². The van der Waals surface area contributed by atoms with E-state index in [2.05, 4.69) is 48.1 Å². The first-order chi connectivity index (χ1) is 11.7. The lowest BCUT2D eigenvalue weighted by Gasteiger charge is -2.01. The standard InChI is InChI=1S/C21H34O3/c1-3-5-6-7-8-9-10-11-12-13-14-15-16-17-18-19-21(23)24-20(22)4-2/h5-6,8-9,11-12H,3-4,7,10,13-19H2,1-2H3/b6-5-,9-8-,12-11-. The van der Waals surface area contributed by atoms with Gasteiger partial charge in [-0.1, -0.05) is 69.6 Å². The molecular weight excluding hydrogens is 300 g/mol. The quantitative estimate of drug-likeness (QED) is 0.168. The number of rotatable bonds is 14. The van der Waals surface area contributed by atoms with Crippen LogP contribution in [0, 0.1) is 0 Å². The van der Waals surface area contributed by atoms with Crippen molar-refractivity contribution >= 4 is 11.9 Å². The fourth-order valence-electron chi connectivity index (χ4n) is 2.14. The van der Waals surface area contributed by atoms with Crippen molar-refractivity contribution in [3.8, 4) is 0 Å². The molecule has 0 radical (unpaired) electrons. The molecule has 0 heterocycles. The summed E-state index contributed by atoms with van der Waals surface area (Å²) in [4.78, 5) is 22.2. The van der Waals surface area contributed by atoms with E-state index in [0.29, 0.717) is 6.42 Å². The van der Waals surface area contributed by atoms with E-state index in [1.165, 1.54) is 12.8 Å². The molecule has 0 aliphatic rings. The average molecular weight is 335 g/mol. The Morgan fingerprint density at radius 1 is 0.708 bits per heavy atom. The summed E-state index contributed by atoms with van der Waals surface area (Å²) in [5.41, 5.74) is 0. The summed E-state index contributed by atoms with van der Waals surface area (Å²) >= 11 is 0. The van der Waals surface area contributed by atoms with Crippen LogP contribution >= 0.6 is 0 Å². The van der Waals surface area contributed by atoms with Crippen LogP contribution < -0.4 is 0 Å².